The van der Waals surface area contributed by atoms with Gasteiger partial charge in [0.2, 0.25) is 0 Å². The molecule has 20 heavy (non-hydrogen) atoms. The summed E-state index contributed by atoms with van der Waals surface area (Å²) in [5.41, 5.74) is 1.14. The molecule has 0 heterocycles. The highest BCUT2D eigenvalue weighted by Gasteiger charge is 2.16. The van der Waals surface area contributed by atoms with Gasteiger partial charge in [-0.1, -0.05) is 35.3 Å². The molecule has 0 aliphatic rings. The van der Waals surface area contributed by atoms with E-state index in [2.05, 4.69) is 0 Å². The van der Waals surface area contributed by atoms with Crippen LogP contribution in [-0.2, 0) is 6.54 Å². The quantitative estimate of drug-likeness (QED) is 0.932. The fourth-order valence-corrected chi connectivity index (χ4v) is 2.25. The molecular weight excluding hydrogens is 297 g/mol. The molecule has 0 saturated carbocycles. The van der Waals surface area contributed by atoms with Crippen molar-refractivity contribution in [3.05, 3.63) is 63.6 Å². The third-order valence-corrected chi connectivity index (χ3v) is 3.32. The summed E-state index contributed by atoms with van der Waals surface area (Å²) in [4.78, 5) is 13.8. The minimum Gasteiger partial charge on any atom is -0.507 e. The van der Waals surface area contributed by atoms with Crippen molar-refractivity contribution in [3.63, 3.8) is 0 Å². The lowest BCUT2D eigenvalue weighted by atomic mass is 10.1. The third kappa shape index (κ3) is 3.44. The van der Waals surface area contributed by atoms with Crippen LogP contribution in [0.3, 0.4) is 0 Å². The van der Waals surface area contributed by atoms with E-state index in [1.54, 1.807) is 25.2 Å². The molecule has 0 unspecified atom stereocenters. The Bertz CT molecular complexity index is 644. The molecular formula is C15H13Cl2NO2. The second-order valence-electron chi connectivity index (χ2n) is 4.45. The van der Waals surface area contributed by atoms with E-state index in [-0.39, 0.29) is 17.2 Å². The summed E-state index contributed by atoms with van der Waals surface area (Å²) in [6, 6.07) is 11.7. The largest absolute Gasteiger partial charge is 0.507 e. The van der Waals surface area contributed by atoms with E-state index in [0.29, 0.717) is 16.6 Å². The molecule has 1 N–H and O–H groups in total. The standard InChI is InChI=1S/C15H13Cl2NO2/c1-18(9-10-3-2-4-11(16)7-10)15(20)13-6-5-12(17)8-14(13)19/h2-8,19H,9H2,1H3. The molecule has 2 aromatic rings. The maximum Gasteiger partial charge on any atom is 0.257 e. The number of aromatic hydroxyl groups is 1. The lowest BCUT2D eigenvalue weighted by Gasteiger charge is -2.18. The zero-order valence-electron chi connectivity index (χ0n) is 10.8. The molecule has 0 aromatic heterocycles. The molecule has 2 aromatic carbocycles. The van der Waals surface area contributed by atoms with Crippen LogP contribution in [0, 0.1) is 0 Å². The molecule has 2 rings (SSSR count). The van der Waals surface area contributed by atoms with Crippen LogP contribution < -0.4 is 0 Å². The van der Waals surface area contributed by atoms with Gasteiger partial charge in [0.1, 0.15) is 5.75 Å². The number of benzene rings is 2. The highest BCUT2D eigenvalue weighted by molar-refractivity contribution is 6.31. The second kappa shape index (κ2) is 6.16. The van der Waals surface area contributed by atoms with E-state index in [9.17, 15) is 9.90 Å². The summed E-state index contributed by atoms with van der Waals surface area (Å²) in [7, 11) is 1.66. The number of phenolic OH excluding ortho intramolecular Hbond substituents is 1. The molecule has 0 spiro atoms. The van der Waals surface area contributed by atoms with Gasteiger partial charge in [0.25, 0.3) is 5.91 Å². The Morgan fingerprint density at radius 1 is 1.15 bits per heavy atom. The van der Waals surface area contributed by atoms with Crippen molar-refractivity contribution in [2.24, 2.45) is 0 Å². The topological polar surface area (TPSA) is 40.5 Å². The number of halogens is 2. The van der Waals surface area contributed by atoms with Crippen LogP contribution in [-0.4, -0.2) is 23.0 Å². The van der Waals surface area contributed by atoms with Gasteiger partial charge in [-0.05, 0) is 35.9 Å². The fourth-order valence-electron chi connectivity index (χ4n) is 1.87. The number of nitrogens with zero attached hydrogens (tertiary/aromatic N) is 1. The number of hydrogen-bond acceptors (Lipinski definition) is 2. The Morgan fingerprint density at radius 2 is 1.85 bits per heavy atom. The lowest BCUT2D eigenvalue weighted by Crippen LogP contribution is -2.26. The first-order valence-corrected chi connectivity index (χ1v) is 6.71. The monoisotopic (exact) mass is 309 g/mol. The van der Waals surface area contributed by atoms with Crippen molar-refractivity contribution in [1.82, 2.24) is 4.90 Å². The maximum absolute atomic E-state index is 12.3. The van der Waals surface area contributed by atoms with Crippen LogP contribution in [0.2, 0.25) is 10.0 Å². The Hall–Kier alpha value is -1.71. The van der Waals surface area contributed by atoms with Crippen LogP contribution >= 0.6 is 23.2 Å². The van der Waals surface area contributed by atoms with E-state index in [1.807, 2.05) is 12.1 Å². The molecule has 0 aliphatic carbocycles. The average Bonchev–Trinajstić information content (AvgIpc) is 2.38. The smallest absolute Gasteiger partial charge is 0.257 e. The normalized spacial score (nSPS) is 10.3. The van der Waals surface area contributed by atoms with Crippen molar-refractivity contribution in [3.8, 4) is 5.75 Å². The van der Waals surface area contributed by atoms with Crippen LogP contribution in [0.4, 0.5) is 0 Å². The van der Waals surface area contributed by atoms with Gasteiger partial charge < -0.3 is 10.0 Å². The van der Waals surface area contributed by atoms with Gasteiger partial charge in [-0.3, -0.25) is 4.79 Å². The van der Waals surface area contributed by atoms with Gasteiger partial charge in [0, 0.05) is 23.6 Å². The zero-order chi connectivity index (χ0) is 14.7. The van der Waals surface area contributed by atoms with Crippen LogP contribution in [0.15, 0.2) is 42.5 Å². The van der Waals surface area contributed by atoms with Gasteiger partial charge in [0.05, 0.1) is 5.56 Å². The Balaban J connectivity index is 2.16. The number of amides is 1. The first kappa shape index (κ1) is 14.7. The molecule has 0 fully saturated rings. The average molecular weight is 310 g/mol. The van der Waals surface area contributed by atoms with E-state index >= 15 is 0 Å². The molecule has 5 heteroatoms. The molecule has 1 amide bonds. The van der Waals surface area contributed by atoms with Crippen LogP contribution in [0.5, 0.6) is 5.75 Å². The second-order valence-corrected chi connectivity index (χ2v) is 5.33. The molecule has 0 aliphatic heterocycles. The number of carbonyl (C=O) groups is 1. The van der Waals surface area contributed by atoms with E-state index in [4.69, 9.17) is 23.2 Å². The lowest BCUT2D eigenvalue weighted by molar-refractivity contribution is 0.0782. The summed E-state index contributed by atoms with van der Waals surface area (Å²) in [5.74, 6) is -0.403. The number of carbonyl (C=O) groups excluding carboxylic acids is 1. The first-order chi connectivity index (χ1) is 9.47. The molecule has 0 saturated heterocycles. The molecule has 0 bridgehead atoms. The summed E-state index contributed by atoms with van der Waals surface area (Å²) < 4.78 is 0. The van der Waals surface area contributed by atoms with Gasteiger partial charge in [-0.2, -0.15) is 0 Å². The Morgan fingerprint density at radius 3 is 2.50 bits per heavy atom. The zero-order valence-corrected chi connectivity index (χ0v) is 12.3. The van der Waals surface area contributed by atoms with Crippen molar-refractivity contribution < 1.29 is 9.90 Å². The summed E-state index contributed by atoms with van der Waals surface area (Å²) >= 11 is 11.7. The van der Waals surface area contributed by atoms with Gasteiger partial charge in [0.15, 0.2) is 0 Å². The maximum atomic E-state index is 12.3. The molecule has 0 radical (unpaired) electrons. The molecule has 3 nitrogen and oxygen atoms in total. The number of phenols is 1. The predicted molar refractivity (Wildman–Crippen MR) is 80.4 cm³/mol. The van der Waals surface area contributed by atoms with E-state index in [1.165, 1.54) is 17.0 Å². The van der Waals surface area contributed by atoms with E-state index in [0.717, 1.165) is 5.56 Å². The summed E-state index contributed by atoms with van der Waals surface area (Å²) in [5, 5.41) is 10.8. The van der Waals surface area contributed by atoms with Gasteiger partial charge in [-0.25, -0.2) is 0 Å². The predicted octanol–water partition coefficient (Wildman–Crippen LogP) is 3.97. The number of rotatable bonds is 3. The van der Waals surface area contributed by atoms with Crippen molar-refractivity contribution in [1.29, 1.82) is 0 Å². The number of hydrogen-bond donors (Lipinski definition) is 1. The van der Waals surface area contributed by atoms with Gasteiger partial charge >= 0.3 is 0 Å². The molecule has 104 valence electrons. The van der Waals surface area contributed by atoms with E-state index < -0.39 is 0 Å². The minimum absolute atomic E-state index is 0.125. The molecule has 0 atom stereocenters. The summed E-state index contributed by atoms with van der Waals surface area (Å²) in [6.07, 6.45) is 0. The minimum atomic E-state index is -0.279. The van der Waals surface area contributed by atoms with Crippen LogP contribution in [0.25, 0.3) is 0 Å². The van der Waals surface area contributed by atoms with Crippen molar-refractivity contribution >= 4 is 29.1 Å². The van der Waals surface area contributed by atoms with Gasteiger partial charge in [-0.15, -0.1) is 0 Å². The first-order valence-electron chi connectivity index (χ1n) is 5.96. The summed E-state index contributed by atoms with van der Waals surface area (Å²) in [6.45, 7) is 0.404. The highest BCUT2D eigenvalue weighted by Crippen LogP contribution is 2.23. The third-order valence-electron chi connectivity index (χ3n) is 2.85. The highest BCUT2D eigenvalue weighted by atomic mass is 35.5. The Kier molecular flexibility index (Phi) is 4.53. The fraction of sp³-hybridized carbons (Fsp3) is 0.133. The van der Waals surface area contributed by atoms with Crippen molar-refractivity contribution in [2.45, 2.75) is 6.54 Å². The SMILES string of the molecule is CN(Cc1cccc(Cl)c1)C(=O)c1ccc(Cl)cc1O. The van der Waals surface area contributed by atoms with Crippen LogP contribution in [0.1, 0.15) is 15.9 Å². The Labute approximate surface area is 127 Å². The van der Waals surface area contributed by atoms with Crippen molar-refractivity contribution in [2.75, 3.05) is 7.05 Å².